The number of nitrogens with zero attached hydrogens (tertiary/aromatic N) is 1. The van der Waals surface area contributed by atoms with E-state index in [0.717, 1.165) is 32.4 Å². The lowest BCUT2D eigenvalue weighted by Gasteiger charge is -2.40. The van der Waals surface area contributed by atoms with Crippen LogP contribution in [-0.2, 0) is 0 Å². The van der Waals surface area contributed by atoms with Gasteiger partial charge in [-0.1, -0.05) is 6.92 Å². The van der Waals surface area contributed by atoms with Crippen molar-refractivity contribution in [2.75, 3.05) is 19.6 Å². The van der Waals surface area contributed by atoms with Crippen LogP contribution in [0.25, 0.3) is 0 Å². The molecule has 1 fully saturated rings. The molecule has 0 radical (unpaired) electrons. The molecule has 1 heterocycles. The number of hydrogen-bond acceptors (Lipinski definition) is 3. The number of hydrogen-bond donors (Lipinski definition) is 2. The minimum Gasteiger partial charge on any atom is -0.389 e. The van der Waals surface area contributed by atoms with Crippen LogP contribution in [0.2, 0.25) is 0 Å². The van der Waals surface area contributed by atoms with Crippen LogP contribution >= 0.6 is 0 Å². The normalized spacial score (nSPS) is 33.2. The van der Waals surface area contributed by atoms with E-state index in [-0.39, 0.29) is 0 Å². The van der Waals surface area contributed by atoms with Crippen LogP contribution in [0.5, 0.6) is 0 Å². The first-order valence-corrected chi connectivity index (χ1v) is 5.25. The maximum Gasteiger partial charge on any atom is 0.0746 e. The van der Waals surface area contributed by atoms with Gasteiger partial charge >= 0.3 is 0 Å². The van der Waals surface area contributed by atoms with Gasteiger partial charge < -0.3 is 10.8 Å². The summed E-state index contributed by atoms with van der Waals surface area (Å²) in [7, 11) is 0. The quantitative estimate of drug-likeness (QED) is 0.677. The summed E-state index contributed by atoms with van der Waals surface area (Å²) in [6, 6.07) is 0.451. The van der Waals surface area contributed by atoms with Crippen LogP contribution in [0.1, 0.15) is 33.1 Å². The van der Waals surface area contributed by atoms with Crippen molar-refractivity contribution in [2.24, 2.45) is 5.73 Å². The zero-order valence-electron chi connectivity index (χ0n) is 8.79. The SMILES string of the molecule is CCC(CN)N1CCCC(C)(O)C1. The van der Waals surface area contributed by atoms with Gasteiger partial charge in [-0.2, -0.15) is 0 Å². The predicted octanol–water partition coefficient (Wildman–Crippen LogP) is 0.570. The molecule has 1 saturated heterocycles. The predicted molar refractivity (Wildman–Crippen MR) is 54.6 cm³/mol. The van der Waals surface area contributed by atoms with Crippen molar-refractivity contribution in [3.8, 4) is 0 Å². The molecule has 13 heavy (non-hydrogen) atoms. The lowest BCUT2D eigenvalue weighted by molar-refractivity contribution is -0.0292. The molecular formula is C10H22N2O. The molecule has 1 rings (SSSR count). The van der Waals surface area contributed by atoms with E-state index in [1.54, 1.807) is 0 Å². The average Bonchev–Trinajstić information content (AvgIpc) is 2.05. The minimum atomic E-state index is -0.499. The molecule has 0 aromatic carbocycles. The number of β-amino-alcohol motifs (C(OH)–C–C–N with tert-alkyl or cyclic N) is 1. The Labute approximate surface area is 80.9 Å². The van der Waals surface area contributed by atoms with E-state index < -0.39 is 5.60 Å². The lowest BCUT2D eigenvalue weighted by atomic mass is 9.93. The molecule has 0 bridgehead atoms. The van der Waals surface area contributed by atoms with E-state index >= 15 is 0 Å². The fraction of sp³-hybridized carbons (Fsp3) is 1.00. The zero-order valence-corrected chi connectivity index (χ0v) is 8.79. The number of piperidine rings is 1. The highest BCUT2D eigenvalue weighted by Gasteiger charge is 2.30. The molecule has 1 aliphatic heterocycles. The van der Waals surface area contributed by atoms with Crippen molar-refractivity contribution >= 4 is 0 Å². The maximum atomic E-state index is 9.90. The second kappa shape index (κ2) is 4.40. The summed E-state index contributed by atoms with van der Waals surface area (Å²) < 4.78 is 0. The highest BCUT2D eigenvalue weighted by molar-refractivity contribution is 4.86. The highest BCUT2D eigenvalue weighted by atomic mass is 16.3. The van der Waals surface area contributed by atoms with Crippen LogP contribution < -0.4 is 5.73 Å². The van der Waals surface area contributed by atoms with E-state index in [2.05, 4.69) is 11.8 Å². The smallest absolute Gasteiger partial charge is 0.0746 e. The number of likely N-dealkylation sites (tertiary alicyclic amines) is 1. The van der Waals surface area contributed by atoms with Gasteiger partial charge in [0.2, 0.25) is 0 Å². The van der Waals surface area contributed by atoms with Crippen LogP contribution in [0.4, 0.5) is 0 Å². The van der Waals surface area contributed by atoms with Gasteiger partial charge in [-0.15, -0.1) is 0 Å². The summed E-state index contributed by atoms with van der Waals surface area (Å²) in [5.74, 6) is 0. The van der Waals surface area contributed by atoms with Gasteiger partial charge in [-0.25, -0.2) is 0 Å². The molecule has 78 valence electrons. The Morgan fingerprint density at radius 3 is 2.77 bits per heavy atom. The first kappa shape index (κ1) is 11.0. The van der Waals surface area contributed by atoms with Crippen molar-refractivity contribution in [1.82, 2.24) is 4.90 Å². The first-order chi connectivity index (χ1) is 6.09. The molecular weight excluding hydrogens is 164 g/mol. The van der Waals surface area contributed by atoms with Crippen LogP contribution in [0, 0.1) is 0 Å². The van der Waals surface area contributed by atoms with Gasteiger partial charge in [-0.3, -0.25) is 4.90 Å². The molecule has 1 aliphatic rings. The van der Waals surface area contributed by atoms with E-state index in [9.17, 15) is 5.11 Å². The third-order valence-electron chi connectivity index (χ3n) is 2.96. The van der Waals surface area contributed by atoms with Crippen LogP contribution in [-0.4, -0.2) is 41.3 Å². The fourth-order valence-corrected chi connectivity index (χ4v) is 2.14. The molecule has 0 saturated carbocycles. The molecule has 2 unspecified atom stereocenters. The van der Waals surface area contributed by atoms with Crippen molar-refractivity contribution < 1.29 is 5.11 Å². The molecule has 0 aromatic heterocycles. The summed E-state index contributed by atoms with van der Waals surface area (Å²) in [5.41, 5.74) is 5.18. The van der Waals surface area contributed by atoms with Gasteiger partial charge in [0.05, 0.1) is 5.60 Å². The Balaban J connectivity index is 2.50. The molecule has 3 nitrogen and oxygen atoms in total. The molecule has 0 aromatic rings. The largest absolute Gasteiger partial charge is 0.389 e. The van der Waals surface area contributed by atoms with Crippen molar-refractivity contribution in [2.45, 2.75) is 44.8 Å². The zero-order chi connectivity index (χ0) is 9.90. The summed E-state index contributed by atoms with van der Waals surface area (Å²) in [6.07, 6.45) is 3.08. The molecule has 0 spiro atoms. The van der Waals surface area contributed by atoms with Gasteiger partial charge in [0.25, 0.3) is 0 Å². The standard InChI is InChI=1S/C10H22N2O/c1-3-9(7-11)12-6-4-5-10(2,13)8-12/h9,13H,3-8,11H2,1-2H3. The number of nitrogens with two attached hydrogens (primary N) is 1. The summed E-state index contributed by atoms with van der Waals surface area (Å²) in [4.78, 5) is 2.32. The van der Waals surface area contributed by atoms with Crippen LogP contribution in [0.3, 0.4) is 0 Å². The number of aliphatic hydroxyl groups is 1. The van der Waals surface area contributed by atoms with Gasteiger partial charge in [0.1, 0.15) is 0 Å². The summed E-state index contributed by atoms with van der Waals surface area (Å²) >= 11 is 0. The Hall–Kier alpha value is -0.120. The van der Waals surface area contributed by atoms with Crippen molar-refractivity contribution in [3.05, 3.63) is 0 Å². The monoisotopic (exact) mass is 186 g/mol. The second-order valence-corrected chi connectivity index (χ2v) is 4.37. The molecule has 0 aliphatic carbocycles. The van der Waals surface area contributed by atoms with Gasteiger partial charge in [0.15, 0.2) is 0 Å². The van der Waals surface area contributed by atoms with Crippen molar-refractivity contribution in [1.29, 1.82) is 0 Å². The maximum absolute atomic E-state index is 9.90. The van der Waals surface area contributed by atoms with E-state index in [1.807, 2.05) is 6.92 Å². The molecule has 2 atom stereocenters. The average molecular weight is 186 g/mol. The van der Waals surface area contributed by atoms with E-state index in [0.29, 0.717) is 12.6 Å². The Morgan fingerprint density at radius 2 is 2.31 bits per heavy atom. The lowest BCUT2D eigenvalue weighted by Crippen LogP contribution is -2.52. The molecule has 0 amide bonds. The third-order valence-corrected chi connectivity index (χ3v) is 2.96. The van der Waals surface area contributed by atoms with Gasteiger partial charge in [-0.05, 0) is 32.7 Å². The van der Waals surface area contributed by atoms with Crippen molar-refractivity contribution in [3.63, 3.8) is 0 Å². The Kier molecular flexibility index (Phi) is 3.71. The second-order valence-electron chi connectivity index (χ2n) is 4.37. The first-order valence-electron chi connectivity index (χ1n) is 5.25. The Bertz CT molecular complexity index is 155. The molecule has 3 heteroatoms. The molecule has 3 N–H and O–H groups in total. The van der Waals surface area contributed by atoms with E-state index in [1.165, 1.54) is 0 Å². The van der Waals surface area contributed by atoms with Crippen LogP contribution in [0.15, 0.2) is 0 Å². The highest BCUT2D eigenvalue weighted by Crippen LogP contribution is 2.22. The topological polar surface area (TPSA) is 49.5 Å². The summed E-state index contributed by atoms with van der Waals surface area (Å²) in [5, 5.41) is 9.90. The number of rotatable bonds is 3. The van der Waals surface area contributed by atoms with Gasteiger partial charge in [0, 0.05) is 19.1 Å². The third kappa shape index (κ3) is 2.93. The minimum absolute atomic E-state index is 0.451. The summed E-state index contributed by atoms with van der Waals surface area (Å²) in [6.45, 7) is 6.64. The Morgan fingerprint density at radius 1 is 1.62 bits per heavy atom. The van der Waals surface area contributed by atoms with E-state index in [4.69, 9.17) is 5.73 Å². The fourth-order valence-electron chi connectivity index (χ4n) is 2.14.